The van der Waals surface area contributed by atoms with Crippen LogP contribution in [-0.2, 0) is 9.47 Å². The standard InChI is InChI=1S/C14H27NO6/c1-8-10(6-16)20-14(7-17,9(2)11(8)18)15-12(19)21-13(3,4)5/h8-11,16-18H,6-7H2,1-5H3,(H,15,19)/t8-,9-,10+,11+,14-/m0/s1. The van der Waals surface area contributed by atoms with Crippen molar-refractivity contribution in [1.82, 2.24) is 5.32 Å². The SMILES string of the molecule is C[C@@H]1[C@@H](O)[C@H](C)[C@@](CO)(NC(=O)OC(C)(C)C)O[C@@H]1CO. The van der Waals surface area contributed by atoms with Crippen LogP contribution < -0.4 is 5.32 Å². The number of ether oxygens (including phenoxy) is 2. The quantitative estimate of drug-likeness (QED) is 0.594. The molecule has 0 radical (unpaired) electrons. The number of amides is 1. The molecule has 1 aliphatic heterocycles. The summed E-state index contributed by atoms with van der Waals surface area (Å²) < 4.78 is 10.8. The first kappa shape index (κ1) is 18.2. The van der Waals surface area contributed by atoms with Gasteiger partial charge in [0.05, 0.1) is 25.4 Å². The number of rotatable bonds is 3. The van der Waals surface area contributed by atoms with Gasteiger partial charge >= 0.3 is 6.09 Å². The molecular weight excluding hydrogens is 278 g/mol. The molecule has 1 fully saturated rings. The van der Waals surface area contributed by atoms with Crippen molar-refractivity contribution in [3.63, 3.8) is 0 Å². The van der Waals surface area contributed by atoms with E-state index in [9.17, 15) is 20.1 Å². The van der Waals surface area contributed by atoms with Gasteiger partial charge in [-0.2, -0.15) is 0 Å². The second-order valence-corrected chi connectivity index (χ2v) is 6.65. The molecular formula is C14H27NO6. The van der Waals surface area contributed by atoms with Gasteiger partial charge in [-0.15, -0.1) is 0 Å². The molecule has 0 aromatic carbocycles. The number of aliphatic hydroxyl groups is 3. The fourth-order valence-corrected chi connectivity index (χ4v) is 2.48. The van der Waals surface area contributed by atoms with Crippen LogP contribution in [-0.4, -0.2) is 58.2 Å². The van der Waals surface area contributed by atoms with Crippen LogP contribution in [0.15, 0.2) is 0 Å². The average molecular weight is 305 g/mol. The number of carbonyl (C=O) groups is 1. The summed E-state index contributed by atoms with van der Waals surface area (Å²) in [6.45, 7) is 7.72. The van der Waals surface area contributed by atoms with Crippen molar-refractivity contribution in [3.8, 4) is 0 Å². The van der Waals surface area contributed by atoms with E-state index in [1.165, 1.54) is 0 Å². The number of nitrogens with one attached hydrogen (secondary N) is 1. The van der Waals surface area contributed by atoms with Crippen molar-refractivity contribution in [2.75, 3.05) is 13.2 Å². The third kappa shape index (κ3) is 4.06. The molecule has 0 aromatic rings. The van der Waals surface area contributed by atoms with Crippen LogP contribution in [0.25, 0.3) is 0 Å². The number of carbonyl (C=O) groups excluding carboxylic acids is 1. The van der Waals surface area contributed by atoms with Gasteiger partial charge in [0.2, 0.25) is 0 Å². The highest BCUT2D eigenvalue weighted by Crippen LogP contribution is 2.36. The number of hydrogen-bond donors (Lipinski definition) is 4. The van der Waals surface area contributed by atoms with Crippen molar-refractivity contribution in [2.45, 2.75) is 58.2 Å². The zero-order valence-electron chi connectivity index (χ0n) is 13.3. The first-order valence-electron chi connectivity index (χ1n) is 7.15. The fraction of sp³-hybridized carbons (Fsp3) is 0.929. The van der Waals surface area contributed by atoms with E-state index in [4.69, 9.17) is 9.47 Å². The Labute approximate surface area is 125 Å². The third-order valence-electron chi connectivity index (χ3n) is 3.86. The first-order valence-corrected chi connectivity index (χ1v) is 7.15. The van der Waals surface area contributed by atoms with E-state index in [-0.39, 0.29) is 12.5 Å². The predicted octanol–water partition coefficient (Wildman–Crippen LogP) is 0.224. The third-order valence-corrected chi connectivity index (χ3v) is 3.86. The molecule has 21 heavy (non-hydrogen) atoms. The monoisotopic (exact) mass is 305 g/mol. The predicted molar refractivity (Wildman–Crippen MR) is 75.5 cm³/mol. The summed E-state index contributed by atoms with van der Waals surface area (Å²) in [6.07, 6.45) is -2.27. The summed E-state index contributed by atoms with van der Waals surface area (Å²) in [6, 6.07) is 0. The summed E-state index contributed by atoms with van der Waals surface area (Å²) in [7, 11) is 0. The Balaban J connectivity index is 2.93. The van der Waals surface area contributed by atoms with Crippen LogP contribution >= 0.6 is 0 Å². The Kier molecular flexibility index (Phi) is 5.60. The van der Waals surface area contributed by atoms with E-state index in [1.54, 1.807) is 34.6 Å². The van der Waals surface area contributed by atoms with Gasteiger partial charge in [-0.25, -0.2) is 4.79 Å². The Hall–Kier alpha value is -0.890. The molecule has 0 aromatic heterocycles. The molecule has 124 valence electrons. The largest absolute Gasteiger partial charge is 0.444 e. The van der Waals surface area contributed by atoms with E-state index in [0.29, 0.717) is 0 Å². The fourth-order valence-electron chi connectivity index (χ4n) is 2.48. The molecule has 1 aliphatic rings. The molecule has 0 aliphatic carbocycles. The molecule has 0 spiro atoms. The lowest BCUT2D eigenvalue weighted by Gasteiger charge is -2.49. The van der Waals surface area contributed by atoms with Crippen LogP contribution in [0.4, 0.5) is 4.79 Å². The molecule has 7 nitrogen and oxygen atoms in total. The second kappa shape index (κ2) is 6.48. The smallest absolute Gasteiger partial charge is 0.409 e. The second-order valence-electron chi connectivity index (χ2n) is 6.65. The maximum atomic E-state index is 12.0. The molecule has 1 amide bonds. The molecule has 0 bridgehead atoms. The summed E-state index contributed by atoms with van der Waals surface area (Å²) in [5.41, 5.74) is -2.18. The lowest BCUT2D eigenvalue weighted by molar-refractivity contribution is -0.251. The van der Waals surface area contributed by atoms with E-state index in [0.717, 1.165) is 0 Å². The topological polar surface area (TPSA) is 108 Å². The van der Waals surface area contributed by atoms with Gasteiger partial charge in [0.25, 0.3) is 0 Å². The molecule has 0 unspecified atom stereocenters. The Morgan fingerprint density at radius 1 is 1.33 bits per heavy atom. The summed E-state index contributed by atoms with van der Waals surface area (Å²) in [4.78, 5) is 12.0. The maximum Gasteiger partial charge on any atom is 0.409 e. The summed E-state index contributed by atoms with van der Waals surface area (Å²) >= 11 is 0. The number of aliphatic hydroxyl groups excluding tert-OH is 3. The van der Waals surface area contributed by atoms with E-state index >= 15 is 0 Å². The number of hydrogen-bond acceptors (Lipinski definition) is 6. The van der Waals surface area contributed by atoms with Crippen LogP contribution in [0, 0.1) is 11.8 Å². The van der Waals surface area contributed by atoms with Gasteiger partial charge in [-0.1, -0.05) is 13.8 Å². The van der Waals surface area contributed by atoms with Crippen molar-refractivity contribution in [2.24, 2.45) is 11.8 Å². The molecule has 1 rings (SSSR count). The molecule has 5 atom stereocenters. The van der Waals surface area contributed by atoms with Crippen LogP contribution in [0.3, 0.4) is 0 Å². The Bertz CT molecular complexity index is 367. The summed E-state index contributed by atoms with van der Waals surface area (Å²) in [5, 5.41) is 31.8. The van der Waals surface area contributed by atoms with Crippen molar-refractivity contribution >= 4 is 6.09 Å². The van der Waals surface area contributed by atoms with Gasteiger partial charge in [0, 0.05) is 11.8 Å². The lowest BCUT2D eigenvalue weighted by atomic mass is 9.79. The van der Waals surface area contributed by atoms with Gasteiger partial charge in [-0.05, 0) is 20.8 Å². The van der Waals surface area contributed by atoms with Gasteiger partial charge in [0.1, 0.15) is 5.60 Å². The minimum absolute atomic E-state index is 0.315. The van der Waals surface area contributed by atoms with Gasteiger partial charge < -0.3 is 24.8 Å². The van der Waals surface area contributed by atoms with Crippen molar-refractivity contribution < 1.29 is 29.6 Å². The highest BCUT2D eigenvalue weighted by Gasteiger charge is 2.51. The van der Waals surface area contributed by atoms with Gasteiger partial charge in [0.15, 0.2) is 5.72 Å². The highest BCUT2D eigenvalue weighted by atomic mass is 16.6. The molecule has 7 heteroatoms. The van der Waals surface area contributed by atoms with Crippen LogP contribution in [0.2, 0.25) is 0 Å². The molecule has 1 saturated heterocycles. The van der Waals surface area contributed by atoms with Crippen molar-refractivity contribution in [1.29, 1.82) is 0 Å². The Morgan fingerprint density at radius 3 is 2.33 bits per heavy atom. The highest BCUT2D eigenvalue weighted by molar-refractivity contribution is 5.68. The first-order chi connectivity index (χ1) is 9.56. The maximum absolute atomic E-state index is 12.0. The average Bonchev–Trinajstić information content (AvgIpc) is 2.37. The molecule has 4 N–H and O–H groups in total. The minimum atomic E-state index is -1.48. The zero-order chi connectivity index (χ0) is 16.4. The van der Waals surface area contributed by atoms with Crippen LogP contribution in [0.5, 0.6) is 0 Å². The molecule has 0 saturated carbocycles. The van der Waals surface area contributed by atoms with Crippen molar-refractivity contribution in [3.05, 3.63) is 0 Å². The van der Waals surface area contributed by atoms with E-state index in [2.05, 4.69) is 5.32 Å². The van der Waals surface area contributed by atoms with E-state index < -0.39 is 42.2 Å². The van der Waals surface area contributed by atoms with Gasteiger partial charge in [-0.3, -0.25) is 5.32 Å². The molecule has 1 heterocycles. The minimum Gasteiger partial charge on any atom is -0.444 e. The number of alkyl carbamates (subject to hydrolysis) is 1. The lowest BCUT2D eigenvalue weighted by Crippen LogP contribution is -2.67. The van der Waals surface area contributed by atoms with Crippen LogP contribution in [0.1, 0.15) is 34.6 Å². The zero-order valence-corrected chi connectivity index (χ0v) is 13.3. The van der Waals surface area contributed by atoms with E-state index in [1.807, 2.05) is 0 Å². The normalized spacial score (nSPS) is 37.1. The Morgan fingerprint density at radius 2 is 1.90 bits per heavy atom. The summed E-state index contributed by atoms with van der Waals surface area (Å²) in [5.74, 6) is -0.877.